The van der Waals surface area contributed by atoms with E-state index in [0.717, 1.165) is 11.3 Å². The average Bonchev–Trinajstić information content (AvgIpc) is 3.03. The molecule has 0 saturated carbocycles. The number of esters is 1. The first kappa shape index (κ1) is 19.1. The second-order valence-corrected chi connectivity index (χ2v) is 6.14. The van der Waals surface area contributed by atoms with Crippen LogP contribution in [0.2, 0.25) is 0 Å². The number of halogens is 2. The fourth-order valence-corrected chi connectivity index (χ4v) is 3.19. The number of hydrogen-bond acceptors (Lipinski definition) is 6. The van der Waals surface area contributed by atoms with Gasteiger partial charge in [-0.15, -0.1) is 23.2 Å². The van der Waals surface area contributed by atoms with Gasteiger partial charge >= 0.3 is 5.97 Å². The van der Waals surface area contributed by atoms with Crippen molar-refractivity contribution in [2.75, 3.05) is 29.5 Å². The Balaban J connectivity index is 2.69. The summed E-state index contributed by atoms with van der Waals surface area (Å²) in [6, 6.07) is 1.39. The van der Waals surface area contributed by atoms with Crippen LogP contribution >= 0.6 is 34.5 Å². The Morgan fingerprint density at radius 3 is 2.48 bits per heavy atom. The molecule has 0 saturated heterocycles. The molecule has 132 valence electrons. The van der Waals surface area contributed by atoms with E-state index in [-0.39, 0.29) is 33.7 Å². The van der Waals surface area contributed by atoms with E-state index in [0.29, 0.717) is 10.3 Å². The summed E-state index contributed by atoms with van der Waals surface area (Å²) in [6.45, 7) is 0. The molecule has 2 aromatic rings. The number of amides is 2. The van der Waals surface area contributed by atoms with E-state index in [1.165, 1.54) is 19.4 Å². The fraction of sp³-hybridized carbons (Fsp3) is 0.214. The maximum absolute atomic E-state index is 12.1. The molecule has 11 heteroatoms. The van der Waals surface area contributed by atoms with Crippen molar-refractivity contribution < 1.29 is 24.5 Å². The van der Waals surface area contributed by atoms with Gasteiger partial charge in [0.25, 0.3) is 0 Å². The van der Waals surface area contributed by atoms with Crippen LogP contribution in [0.3, 0.4) is 0 Å². The molecule has 0 fully saturated rings. The maximum Gasteiger partial charge on any atom is 0.340 e. The molecule has 1 heterocycles. The highest BCUT2D eigenvalue weighted by atomic mass is 35.5. The first-order valence-corrected chi connectivity index (χ1v) is 8.66. The molecule has 0 spiro atoms. The number of rotatable bonds is 6. The lowest BCUT2D eigenvalue weighted by atomic mass is 10.1. The zero-order valence-corrected chi connectivity index (χ0v) is 15.2. The van der Waals surface area contributed by atoms with Gasteiger partial charge in [0, 0.05) is 0 Å². The molecule has 1 aromatic heterocycles. The lowest BCUT2D eigenvalue weighted by Crippen LogP contribution is -2.31. The van der Waals surface area contributed by atoms with E-state index in [4.69, 9.17) is 33.3 Å². The molecule has 1 aromatic carbocycles. The number of carbonyl (C=O) groups is 3. The standard InChI is InChI=1S/C14H12Cl2N4O4S/c1-24-13(23)6-2-8(18-9(21)3-15)7(5-17)12-11(6)20-14(25-12)19-10(22)4-16/h2,5,17H,3-4H2,1H3,(H,18,21)(H,19,20,22)/p+1. The summed E-state index contributed by atoms with van der Waals surface area (Å²) < 4.78 is 5.24. The van der Waals surface area contributed by atoms with Crippen LogP contribution in [-0.4, -0.2) is 47.9 Å². The Labute approximate surface area is 156 Å². The van der Waals surface area contributed by atoms with Gasteiger partial charge in [0.1, 0.15) is 11.8 Å². The van der Waals surface area contributed by atoms with Crippen LogP contribution in [0.5, 0.6) is 0 Å². The number of thiazole rings is 1. The molecule has 4 N–H and O–H groups in total. The molecular formula is C14H13Cl2N4O4S+. The third kappa shape index (κ3) is 4.06. The minimum Gasteiger partial charge on any atom is -0.465 e. The topological polar surface area (TPSA) is 123 Å². The highest BCUT2D eigenvalue weighted by Crippen LogP contribution is 2.35. The summed E-state index contributed by atoms with van der Waals surface area (Å²) in [5.74, 6) is -2.09. The van der Waals surface area contributed by atoms with E-state index in [9.17, 15) is 14.4 Å². The van der Waals surface area contributed by atoms with E-state index in [1.54, 1.807) is 0 Å². The molecule has 0 aliphatic rings. The first-order valence-electron chi connectivity index (χ1n) is 6.77. The summed E-state index contributed by atoms with van der Waals surface area (Å²) in [5, 5.41) is 11.0. The summed E-state index contributed by atoms with van der Waals surface area (Å²) in [4.78, 5) is 39.4. The molecule has 0 bridgehead atoms. The number of aromatic nitrogens is 1. The Hall–Kier alpha value is -2.23. The lowest BCUT2D eigenvalue weighted by Gasteiger charge is -2.09. The van der Waals surface area contributed by atoms with Crippen LogP contribution in [0.4, 0.5) is 10.8 Å². The molecule has 8 nitrogen and oxygen atoms in total. The SMILES string of the molecule is COC(=O)c1cc(NC(=O)CCl)c(C=[NH2+])c2sc(NC(=O)CCl)nc12. The van der Waals surface area contributed by atoms with Crippen LogP contribution in [0, 0.1) is 0 Å². The smallest absolute Gasteiger partial charge is 0.340 e. The largest absolute Gasteiger partial charge is 0.465 e. The van der Waals surface area contributed by atoms with Crippen LogP contribution in [0.25, 0.3) is 10.2 Å². The van der Waals surface area contributed by atoms with Crippen molar-refractivity contribution in [1.29, 1.82) is 0 Å². The Morgan fingerprint density at radius 2 is 1.92 bits per heavy atom. The zero-order valence-electron chi connectivity index (χ0n) is 12.9. The quantitative estimate of drug-likeness (QED) is 0.370. The van der Waals surface area contributed by atoms with E-state index < -0.39 is 17.8 Å². The lowest BCUT2D eigenvalue weighted by molar-refractivity contribution is -0.114. The summed E-state index contributed by atoms with van der Waals surface area (Å²) >= 11 is 12.1. The van der Waals surface area contributed by atoms with Crippen molar-refractivity contribution in [3.63, 3.8) is 0 Å². The highest BCUT2D eigenvalue weighted by Gasteiger charge is 2.22. The van der Waals surface area contributed by atoms with Crippen molar-refractivity contribution in [2.45, 2.75) is 0 Å². The van der Waals surface area contributed by atoms with Gasteiger partial charge in [-0.3, -0.25) is 15.0 Å². The van der Waals surface area contributed by atoms with Crippen LogP contribution in [0.15, 0.2) is 6.07 Å². The normalized spacial score (nSPS) is 10.4. The Morgan fingerprint density at radius 1 is 1.28 bits per heavy atom. The molecule has 2 amide bonds. The number of nitrogens with two attached hydrogens (primary N) is 1. The van der Waals surface area contributed by atoms with Crippen molar-refractivity contribution >= 4 is 79.6 Å². The van der Waals surface area contributed by atoms with Gasteiger partial charge in [0.2, 0.25) is 11.8 Å². The average molecular weight is 404 g/mol. The van der Waals surface area contributed by atoms with Gasteiger partial charge in [-0.05, 0) is 6.07 Å². The van der Waals surface area contributed by atoms with Crippen molar-refractivity contribution in [3.8, 4) is 0 Å². The van der Waals surface area contributed by atoms with Gasteiger partial charge in [0.15, 0.2) is 11.3 Å². The number of benzene rings is 1. The second kappa shape index (κ2) is 8.24. The number of nitrogens with zero attached hydrogens (tertiary/aromatic N) is 1. The third-order valence-corrected chi connectivity index (χ3v) is 4.53. The summed E-state index contributed by atoms with van der Waals surface area (Å²) in [7, 11) is 1.22. The molecule has 0 unspecified atom stereocenters. The van der Waals surface area contributed by atoms with Gasteiger partial charge in [-0.25, -0.2) is 9.78 Å². The molecular weight excluding hydrogens is 391 g/mol. The molecule has 25 heavy (non-hydrogen) atoms. The molecule has 0 atom stereocenters. The summed E-state index contributed by atoms with van der Waals surface area (Å²) in [6.07, 6.45) is 1.26. The highest BCUT2D eigenvalue weighted by molar-refractivity contribution is 7.22. The predicted molar refractivity (Wildman–Crippen MR) is 96.8 cm³/mol. The van der Waals surface area contributed by atoms with Gasteiger partial charge in [0.05, 0.1) is 34.1 Å². The third-order valence-electron chi connectivity index (χ3n) is 3.04. The van der Waals surface area contributed by atoms with Gasteiger partial charge < -0.3 is 15.4 Å². The van der Waals surface area contributed by atoms with Crippen molar-refractivity contribution in [2.24, 2.45) is 0 Å². The minimum atomic E-state index is -0.657. The molecule has 0 radical (unpaired) electrons. The van der Waals surface area contributed by atoms with Gasteiger partial charge in [-0.2, -0.15) is 0 Å². The zero-order chi connectivity index (χ0) is 18.6. The van der Waals surface area contributed by atoms with Crippen LogP contribution in [-0.2, 0) is 14.3 Å². The number of nitrogens with one attached hydrogen (secondary N) is 2. The Kier molecular flexibility index (Phi) is 6.29. The molecule has 0 aliphatic carbocycles. The van der Waals surface area contributed by atoms with E-state index in [1.807, 2.05) is 0 Å². The maximum atomic E-state index is 12.1. The molecule has 2 rings (SSSR count). The number of anilines is 2. The second-order valence-electron chi connectivity index (χ2n) is 4.60. The Bertz CT molecular complexity index is 868. The number of alkyl halides is 2. The van der Waals surface area contributed by atoms with Crippen molar-refractivity contribution in [1.82, 2.24) is 4.98 Å². The number of carbonyl (C=O) groups excluding carboxylic acids is 3. The minimum absolute atomic E-state index is 0.107. The van der Waals surface area contributed by atoms with Crippen molar-refractivity contribution in [3.05, 3.63) is 17.2 Å². The number of ether oxygens (including phenoxy) is 1. The van der Waals surface area contributed by atoms with Crippen LogP contribution in [0.1, 0.15) is 15.9 Å². The first-order chi connectivity index (χ1) is 11.9. The number of hydrogen-bond donors (Lipinski definition) is 3. The van der Waals surface area contributed by atoms with Gasteiger partial charge in [-0.1, -0.05) is 11.3 Å². The van der Waals surface area contributed by atoms with E-state index in [2.05, 4.69) is 15.6 Å². The molecule has 0 aliphatic heterocycles. The fourth-order valence-electron chi connectivity index (χ4n) is 2.02. The van der Waals surface area contributed by atoms with Crippen LogP contribution < -0.4 is 16.0 Å². The monoisotopic (exact) mass is 403 g/mol. The number of fused-ring (bicyclic) bond motifs is 1. The predicted octanol–water partition coefficient (Wildman–Crippen LogP) is 0.615. The number of methoxy groups -OCH3 is 1. The van der Waals surface area contributed by atoms with E-state index >= 15 is 0 Å². The summed E-state index contributed by atoms with van der Waals surface area (Å²) in [5.41, 5.74) is 1.10.